The van der Waals surface area contributed by atoms with Crippen molar-refractivity contribution in [1.29, 1.82) is 0 Å². The van der Waals surface area contributed by atoms with Crippen LogP contribution in [0.5, 0.6) is 0 Å². The van der Waals surface area contributed by atoms with Crippen LogP contribution in [-0.4, -0.2) is 44.5 Å². The zero-order chi connectivity index (χ0) is 23.7. The second-order valence-corrected chi connectivity index (χ2v) is 9.85. The molecule has 3 aromatic rings. The minimum atomic E-state index is -0.655. The maximum absolute atomic E-state index is 13.8. The van der Waals surface area contributed by atoms with E-state index in [2.05, 4.69) is 31.2 Å². The molecule has 1 aromatic carbocycles. The van der Waals surface area contributed by atoms with Gasteiger partial charge in [0.1, 0.15) is 5.56 Å². The first-order chi connectivity index (χ1) is 15.8. The summed E-state index contributed by atoms with van der Waals surface area (Å²) in [6, 6.07) is 5.45. The van der Waals surface area contributed by atoms with Gasteiger partial charge in [-0.25, -0.2) is 14.5 Å². The number of rotatable bonds is 9. The Hall–Kier alpha value is -2.46. The van der Waals surface area contributed by atoms with Crippen molar-refractivity contribution in [2.24, 2.45) is 0 Å². The monoisotopic (exact) mass is 532 g/mol. The molecule has 0 bridgehead atoms. The molecule has 4 rings (SSSR count). The van der Waals surface area contributed by atoms with Crippen molar-refractivity contribution in [3.8, 4) is 0 Å². The van der Waals surface area contributed by atoms with Gasteiger partial charge in [-0.3, -0.25) is 4.79 Å². The molecule has 33 heavy (non-hydrogen) atoms. The van der Waals surface area contributed by atoms with E-state index < -0.39 is 5.97 Å². The zero-order valence-corrected chi connectivity index (χ0v) is 21.3. The molecule has 0 amide bonds. The molecule has 1 saturated carbocycles. The van der Waals surface area contributed by atoms with Gasteiger partial charge in [0.2, 0.25) is 5.69 Å². The van der Waals surface area contributed by atoms with Gasteiger partial charge in [0.05, 0.1) is 13.2 Å². The molecule has 0 saturated heterocycles. The third-order valence-corrected chi connectivity index (χ3v) is 6.51. The molecule has 10 heteroatoms. The van der Waals surface area contributed by atoms with Crippen molar-refractivity contribution >= 4 is 39.4 Å². The highest BCUT2D eigenvalue weighted by atomic mass is 79.9. The number of carbonyl (C=O) groups is 2. The van der Waals surface area contributed by atoms with Crippen molar-refractivity contribution in [2.75, 3.05) is 12.9 Å². The van der Waals surface area contributed by atoms with Gasteiger partial charge in [0.25, 0.3) is 0 Å². The highest BCUT2D eigenvalue weighted by Crippen LogP contribution is 2.43. The van der Waals surface area contributed by atoms with E-state index in [1.807, 2.05) is 26.2 Å². The summed E-state index contributed by atoms with van der Waals surface area (Å²) in [7, 11) is 0. The van der Waals surface area contributed by atoms with Crippen molar-refractivity contribution in [2.45, 2.75) is 57.1 Å². The molecule has 1 fully saturated rings. The zero-order valence-electron chi connectivity index (χ0n) is 18.9. The molecule has 174 valence electrons. The first-order valence-electron chi connectivity index (χ1n) is 10.8. The van der Waals surface area contributed by atoms with E-state index in [1.165, 1.54) is 11.8 Å². The fraction of sp³-hybridized carbons (Fsp3) is 0.435. The van der Waals surface area contributed by atoms with Crippen LogP contribution >= 0.6 is 27.7 Å². The molecule has 1 aliphatic rings. The fourth-order valence-electron chi connectivity index (χ4n) is 3.54. The lowest BCUT2D eigenvalue weighted by Gasteiger charge is -2.11. The molecule has 0 spiro atoms. The summed E-state index contributed by atoms with van der Waals surface area (Å²) in [4.78, 5) is 30.9. The Morgan fingerprint density at radius 1 is 1.33 bits per heavy atom. The lowest BCUT2D eigenvalue weighted by atomic mass is 9.95. The number of ketones is 1. The Bertz CT molecular complexity index is 1200. The van der Waals surface area contributed by atoms with Crippen molar-refractivity contribution in [3.05, 3.63) is 56.6 Å². The van der Waals surface area contributed by atoms with Gasteiger partial charge in [-0.05, 0) is 49.8 Å². The van der Waals surface area contributed by atoms with E-state index in [9.17, 15) is 9.59 Å². The summed E-state index contributed by atoms with van der Waals surface area (Å²) in [5.74, 6) is 0.541. The molecule has 0 atom stereocenters. The number of hydrogen-bond acceptors (Lipinski definition) is 8. The average Bonchev–Trinajstić information content (AvgIpc) is 3.39. The number of thioether (sulfide) groups is 1. The Morgan fingerprint density at radius 3 is 2.73 bits per heavy atom. The van der Waals surface area contributed by atoms with Gasteiger partial charge >= 0.3 is 5.97 Å². The molecule has 0 aliphatic heterocycles. The molecule has 0 radical (unpaired) electrons. The van der Waals surface area contributed by atoms with E-state index in [1.54, 1.807) is 23.7 Å². The Labute approximate surface area is 204 Å². The lowest BCUT2D eigenvalue weighted by molar-refractivity contribution is 0.0512. The lowest BCUT2D eigenvalue weighted by Crippen LogP contribution is -2.16. The largest absolute Gasteiger partial charge is 0.461 e. The number of ether oxygens (including phenoxy) is 1. The molecule has 1 aliphatic carbocycles. The number of hydrogen-bond donors (Lipinski definition) is 0. The van der Waals surface area contributed by atoms with Crippen LogP contribution < -0.4 is 0 Å². The van der Waals surface area contributed by atoms with Crippen LogP contribution in [0, 0.1) is 0 Å². The fourth-order valence-corrected chi connectivity index (χ4v) is 4.45. The van der Waals surface area contributed by atoms with Gasteiger partial charge in [0, 0.05) is 21.9 Å². The predicted molar refractivity (Wildman–Crippen MR) is 127 cm³/mol. The third kappa shape index (κ3) is 4.91. The standard InChI is InChI=1S/C23H25BrN4O4S/c1-5-31-22(30)18-17(20(32-27-18)13-6-7-13)19(29)16-9-8-15(24)10-14(16)11-28-23(33-4)25-21(26-28)12(2)3/h8-10,12-13H,5-7,11H2,1-4H3. The van der Waals surface area contributed by atoms with Gasteiger partial charge in [-0.15, -0.1) is 0 Å². The smallest absolute Gasteiger partial charge is 0.361 e. The minimum Gasteiger partial charge on any atom is -0.461 e. The van der Waals surface area contributed by atoms with Crippen molar-refractivity contribution in [3.63, 3.8) is 0 Å². The van der Waals surface area contributed by atoms with Crippen LogP contribution in [0.1, 0.15) is 89.0 Å². The Morgan fingerprint density at radius 2 is 2.09 bits per heavy atom. The summed E-state index contributed by atoms with van der Waals surface area (Å²) in [6.07, 6.45) is 3.75. The Balaban J connectivity index is 1.77. The highest BCUT2D eigenvalue weighted by Gasteiger charge is 2.38. The summed E-state index contributed by atoms with van der Waals surface area (Å²) < 4.78 is 13.2. The van der Waals surface area contributed by atoms with Crippen LogP contribution in [0.2, 0.25) is 0 Å². The van der Waals surface area contributed by atoms with Gasteiger partial charge in [0.15, 0.2) is 22.5 Å². The number of benzene rings is 1. The second-order valence-electron chi connectivity index (χ2n) is 8.16. The highest BCUT2D eigenvalue weighted by molar-refractivity contribution is 9.10. The van der Waals surface area contributed by atoms with Crippen LogP contribution in [0.15, 0.2) is 32.4 Å². The van der Waals surface area contributed by atoms with E-state index in [0.717, 1.165) is 33.9 Å². The van der Waals surface area contributed by atoms with Gasteiger partial charge in [-0.2, -0.15) is 5.10 Å². The van der Waals surface area contributed by atoms with Crippen LogP contribution in [0.25, 0.3) is 0 Å². The van der Waals surface area contributed by atoms with Crippen molar-refractivity contribution in [1.82, 2.24) is 19.9 Å². The number of esters is 1. The molecular formula is C23H25BrN4O4S. The third-order valence-electron chi connectivity index (χ3n) is 5.35. The second kappa shape index (κ2) is 9.80. The van der Waals surface area contributed by atoms with E-state index in [-0.39, 0.29) is 35.5 Å². The van der Waals surface area contributed by atoms with Crippen LogP contribution in [0.4, 0.5) is 0 Å². The number of carbonyl (C=O) groups excluding carboxylic acids is 2. The quantitative estimate of drug-likeness (QED) is 0.210. The SMILES string of the molecule is CCOC(=O)c1noc(C2CC2)c1C(=O)c1ccc(Br)cc1Cn1nc(C(C)C)nc1SC. The van der Waals surface area contributed by atoms with Gasteiger partial charge in [-0.1, -0.05) is 46.7 Å². The van der Waals surface area contributed by atoms with E-state index in [4.69, 9.17) is 9.26 Å². The van der Waals surface area contributed by atoms with Crippen LogP contribution in [-0.2, 0) is 11.3 Å². The number of halogens is 1. The number of nitrogens with zero attached hydrogens (tertiary/aromatic N) is 4. The summed E-state index contributed by atoms with van der Waals surface area (Å²) in [6.45, 7) is 6.33. The topological polar surface area (TPSA) is 100 Å². The number of aromatic nitrogens is 4. The van der Waals surface area contributed by atoms with Gasteiger partial charge < -0.3 is 9.26 Å². The molecular weight excluding hydrogens is 508 g/mol. The summed E-state index contributed by atoms with van der Waals surface area (Å²) >= 11 is 5.01. The average molecular weight is 533 g/mol. The molecule has 2 heterocycles. The maximum Gasteiger partial charge on any atom is 0.361 e. The molecule has 0 unspecified atom stereocenters. The molecule has 0 N–H and O–H groups in total. The maximum atomic E-state index is 13.8. The first kappa shape index (κ1) is 23.7. The Kier molecular flexibility index (Phi) is 7.04. The first-order valence-corrected chi connectivity index (χ1v) is 12.8. The summed E-state index contributed by atoms with van der Waals surface area (Å²) in [5, 5.41) is 9.33. The van der Waals surface area contributed by atoms with E-state index in [0.29, 0.717) is 17.9 Å². The molecule has 2 aromatic heterocycles. The summed E-state index contributed by atoms with van der Waals surface area (Å²) in [5.41, 5.74) is 1.35. The predicted octanol–water partition coefficient (Wildman–Crippen LogP) is 5.21. The normalized spacial score (nSPS) is 13.5. The van der Waals surface area contributed by atoms with E-state index >= 15 is 0 Å². The molecule has 8 nitrogen and oxygen atoms in total. The van der Waals surface area contributed by atoms with Crippen LogP contribution in [0.3, 0.4) is 0 Å². The van der Waals surface area contributed by atoms with Crippen molar-refractivity contribution < 1.29 is 18.8 Å². The minimum absolute atomic E-state index is 0.0646.